The Hall–Kier alpha value is -0.740. The second kappa shape index (κ2) is 7.56. The van der Waals surface area contributed by atoms with Crippen LogP contribution < -0.4 is 4.89 Å². The SMILES string of the molecule is C=CC(=O)OCCO/C(C[N+](C)(C)C)=[P+](/C)[O-]. The van der Waals surface area contributed by atoms with Crippen molar-refractivity contribution in [2.24, 2.45) is 0 Å². The quantitative estimate of drug-likeness (QED) is 0.212. The monoisotopic (exact) mass is 262 g/mol. The van der Waals surface area contributed by atoms with Crippen LogP contribution in [0.2, 0.25) is 0 Å². The second-order valence-electron chi connectivity index (χ2n) is 4.56. The molecule has 0 aliphatic carbocycles. The molecule has 0 aromatic heterocycles. The third-order valence-corrected chi connectivity index (χ3v) is 2.70. The first-order chi connectivity index (χ1) is 7.76. The third-order valence-electron chi connectivity index (χ3n) is 1.72. The molecule has 0 aromatic rings. The molecular formula is C11H21NO4P+. The zero-order valence-corrected chi connectivity index (χ0v) is 11.8. The largest absolute Gasteiger partial charge is 0.629 e. The molecule has 0 saturated heterocycles. The van der Waals surface area contributed by atoms with Crippen LogP contribution in [-0.4, -0.2) is 63.5 Å². The summed E-state index contributed by atoms with van der Waals surface area (Å²) in [6, 6.07) is 0. The van der Waals surface area contributed by atoms with Crippen LogP contribution in [0, 0.1) is 0 Å². The fraction of sp³-hybridized carbons (Fsp3) is 0.636. The minimum atomic E-state index is -1.50. The van der Waals surface area contributed by atoms with Crippen LogP contribution in [0.4, 0.5) is 0 Å². The molecule has 0 saturated carbocycles. The number of carbonyl (C=O) groups is 1. The molecule has 5 nitrogen and oxygen atoms in total. The molecule has 0 N–H and O–H groups in total. The highest BCUT2D eigenvalue weighted by Crippen LogP contribution is 2.10. The molecule has 0 bridgehead atoms. The summed E-state index contributed by atoms with van der Waals surface area (Å²) in [4.78, 5) is 22.2. The van der Waals surface area contributed by atoms with Gasteiger partial charge in [0.25, 0.3) is 5.48 Å². The van der Waals surface area contributed by atoms with Crippen molar-refractivity contribution in [2.75, 3.05) is 47.6 Å². The Morgan fingerprint density at radius 2 is 1.88 bits per heavy atom. The van der Waals surface area contributed by atoms with Gasteiger partial charge in [0.05, 0.1) is 42.2 Å². The van der Waals surface area contributed by atoms with Gasteiger partial charge >= 0.3 is 5.97 Å². The molecule has 0 aliphatic rings. The van der Waals surface area contributed by atoms with Crippen molar-refractivity contribution in [1.29, 1.82) is 0 Å². The van der Waals surface area contributed by atoms with Crippen molar-refractivity contribution in [3.8, 4) is 0 Å². The van der Waals surface area contributed by atoms with E-state index >= 15 is 0 Å². The molecule has 0 radical (unpaired) electrons. The van der Waals surface area contributed by atoms with E-state index in [1.54, 1.807) is 6.66 Å². The lowest BCUT2D eigenvalue weighted by Gasteiger charge is -2.23. The molecule has 17 heavy (non-hydrogen) atoms. The van der Waals surface area contributed by atoms with Crippen LogP contribution in [0.15, 0.2) is 12.7 Å². The molecule has 98 valence electrons. The summed E-state index contributed by atoms with van der Waals surface area (Å²) < 4.78 is 10.8. The topological polar surface area (TPSA) is 58.6 Å². The standard InChI is InChI=1S/C11H21NO4P/c1-6-10(13)15-7-8-16-11(17(5)14)9-12(2,3)4/h6H,1,7-9H2,2-5H3/q+1. The van der Waals surface area contributed by atoms with Crippen LogP contribution in [0.3, 0.4) is 0 Å². The van der Waals surface area contributed by atoms with Gasteiger partial charge < -0.3 is 18.9 Å². The fourth-order valence-corrected chi connectivity index (χ4v) is 1.90. The summed E-state index contributed by atoms with van der Waals surface area (Å²) in [5.41, 5.74) is 0.544. The first kappa shape index (κ1) is 16.3. The smallest absolute Gasteiger partial charge is 0.330 e. The van der Waals surface area contributed by atoms with Gasteiger partial charge in [-0.05, 0) is 0 Å². The highest BCUT2D eigenvalue weighted by Gasteiger charge is 2.18. The van der Waals surface area contributed by atoms with Crippen molar-refractivity contribution in [1.82, 2.24) is 0 Å². The Kier molecular flexibility index (Phi) is 7.23. The Morgan fingerprint density at radius 3 is 2.29 bits per heavy atom. The van der Waals surface area contributed by atoms with Gasteiger partial charge in [-0.1, -0.05) is 6.58 Å². The molecule has 1 atom stereocenters. The number of carbonyl (C=O) groups excluding carboxylic acids is 1. The average molecular weight is 262 g/mol. The maximum absolute atomic E-state index is 11.5. The lowest BCUT2D eigenvalue weighted by molar-refractivity contribution is -0.861. The van der Waals surface area contributed by atoms with Crippen LogP contribution in [0.1, 0.15) is 0 Å². The Morgan fingerprint density at radius 1 is 1.35 bits per heavy atom. The molecule has 0 aliphatic heterocycles. The lowest BCUT2D eigenvalue weighted by Crippen LogP contribution is -2.40. The maximum Gasteiger partial charge on any atom is 0.330 e. The van der Waals surface area contributed by atoms with Gasteiger partial charge in [-0.3, -0.25) is 0 Å². The van der Waals surface area contributed by atoms with Gasteiger partial charge in [0.2, 0.25) is 0 Å². The predicted octanol–water partition coefficient (Wildman–Crippen LogP) is -0.0447. The van der Waals surface area contributed by atoms with Crippen LogP contribution in [-0.2, 0) is 14.3 Å². The van der Waals surface area contributed by atoms with E-state index in [0.29, 0.717) is 16.5 Å². The summed E-state index contributed by atoms with van der Waals surface area (Å²) in [7, 11) is 4.46. The molecule has 1 unspecified atom stereocenters. The number of likely N-dealkylation sites (N-methyl/N-ethyl adjacent to an activating group) is 1. The highest BCUT2D eigenvalue weighted by molar-refractivity contribution is 7.50. The molecule has 6 heteroatoms. The number of quaternary nitrogens is 1. The number of hydrogen-bond acceptors (Lipinski definition) is 4. The maximum atomic E-state index is 11.5. The van der Waals surface area contributed by atoms with Crippen molar-refractivity contribution in [2.45, 2.75) is 0 Å². The Bertz CT molecular complexity index is 303. The summed E-state index contributed by atoms with van der Waals surface area (Å²) >= 11 is 0. The molecule has 0 spiro atoms. The number of ether oxygens (including phenoxy) is 2. The highest BCUT2D eigenvalue weighted by atomic mass is 31.1. The van der Waals surface area contributed by atoms with E-state index in [1.807, 2.05) is 21.1 Å². The van der Waals surface area contributed by atoms with E-state index < -0.39 is 13.7 Å². The zero-order chi connectivity index (χ0) is 13.5. The summed E-state index contributed by atoms with van der Waals surface area (Å²) in [6.07, 6.45) is 1.09. The lowest BCUT2D eigenvalue weighted by atomic mass is 10.5. The Labute approximate surface area is 104 Å². The fourth-order valence-electron chi connectivity index (χ4n) is 1.00. The van der Waals surface area contributed by atoms with E-state index in [1.165, 1.54) is 0 Å². The van der Waals surface area contributed by atoms with Gasteiger partial charge in [0.1, 0.15) is 6.61 Å². The van der Waals surface area contributed by atoms with Gasteiger partial charge in [-0.2, -0.15) is 0 Å². The minimum Gasteiger partial charge on any atom is -0.629 e. The Balaban J connectivity index is 4.10. The minimum absolute atomic E-state index is 0.134. The number of hydrogen-bond donors (Lipinski definition) is 0. The van der Waals surface area contributed by atoms with Gasteiger partial charge in [-0.15, -0.1) is 0 Å². The van der Waals surface area contributed by atoms with Gasteiger partial charge in [0, 0.05) is 6.08 Å². The number of esters is 1. The van der Waals surface area contributed by atoms with Gasteiger partial charge in [0.15, 0.2) is 6.54 Å². The van der Waals surface area contributed by atoms with E-state index in [4.69, 9.17) is 9.47 Å². The normalized spacial score (nSPS) is 13.0. The van der Waals surface area contributed by atoms with Crippen LogP contribution in [0.5, 0.6) is 0 Å². The molecule has 0 rings (SSSR count). The summed E-state index contributed by atoms with van der Waals surface area (Å²) in [5.74, 6) is -0.484. The van der Waals surface area contributed by atoms with Crippen LogP contribution >= 0.6 is 7.77 Å². The first-order valence-electron chi connectivity index (χ1n) is 5.25. The summed E-state index contributed by atoms with van der Waals surface area (Å²) in [5, 5.41) is 0. The number of rotatable bonds is 7. The average Bonchev–Trinajstić information content (AvgIpc) is 2.20. The van der Waals surface area contributed by atoms with Crippen molar-refractivity contribution in [3.63, 3.8) is 0 Å². The molecule has 0 aromatic carbocycles. The van der Waals surface area contributed by atoms with Crippen molar-refractivity contribution >= 4 is 19.2 Å². The van der Waals surface area contributed by atoms with Crippen molar-refractivity contribution < 1.29 is 23.6 Å². The van der Waals surface area contributed by atoms with E-state index in [-0.39, 0.29) is 13.2 Å². The predicted molar refractivity (Wildman–Crippen MR) is 67.9 cm³/mol. The summed E-state index contributed by atoms with van der Waals surface area (Å²) in [6.45, 7) is 5.80. The van der Waals surface area contributed by atoms with E-state index in [0.717, 1.165) is 6.08 Å². The van der Waals surface area contributed by atoms with E-state index in [9.17, 15) is 9.69 Å². The molecule has 0 amide bonds. The third kappa shape index (κ3) is 9.01. The number of nitrogens with zero attached hydrogens (tertiary/aromatic N) is 1. The van der Waals surface area contributed by atoms with Crippen molar-refractivity contribution in [3.05, 3.63) is 12.7 Å². The first-order valence-corrected chi connectivity index (χ1v) is 6.96. The second-order valence-corrected chi connectivity index (χ2v) is 6.05. The van der Waals surface area contributed by atoms with Gasteiger partial charge in [-0.25, -0.2) is 4.79 Å². The van der Waals surface area contributed by atoms with Crippen LogP contribution in [0.25, 0.3) is 0 Å². The molecule has 0 fully saturated rings. The van der Waals surface area contributed by atoms with E-state index in [2.05, 4.69) is 6.58 Å². The molecule has 0 heterocycles. The molecular weight excluding hydrogens is 241 g/mol. The zero-order valence-electron chi connectivity index (χ0n) is 10.9.